The molecule has 0 aliphatic heterocycles. The minimum absolute atomic E-state index is 0.486. The Morgan fingerprint density at radius 2 is 1.81 bits per heavy atom. The van der Waals surface area contributed by atoms with Crippen molar-refractivity contribution in [2.75, 3.05) is 0 Å². The SMILES string of the molecule is CC(=NNS(=O)(=O)C(C)C)c1ccccc1. The van der Waals surface area contributed by atoms with Crippen molar-refractivity contribution in [3.05, 3.63) is 35.9 Å². The third-order valence-electron chi connectivity index (χ3n) is 2.15. The molecule has 0 saturated carbocycles. The number of hydrogen-bond donors (Lipinski definition) is 1. The van der Waals surface area contributed by atoms with Crippen molar-refractivity contribution in [1.29, 1.82) is 0 Å². The normalized spacial score (nSPS) is 12.9. The van der Waals surface area contributed by atoms with Crippen molar-refractivity contribution in [2.24, 2.45) is 5.10 Å². The van der Waals surface area contributed by atoms with E-state index in [1.165, 1.54) is 0 Å². The predicted octanol–water partition coefficient (Wildman–Crippen LogP) is 1.74. The summed E-state index contributed by atoms with van der Waals surface area (Å²) in [4.78, 5) is 2.22. The zero-order chi connectivity index (χ0) is 12.2. The lowest BCUT2D eigenvalue weighted by Gasteiger charge is -2.07. The summed E-state index contributed by atoms with van der Waals surface area (Å²) in [5, 5.41) is 3.38. The molecule has 0 aliphatic rings. The second-order valence-corrected chi connectivity index (χ2v) is 5.96. The molecule has 0 spiro atoms. The van der Waals surface area contributed by atoms with Crippen LogP contribution in [0.25, 0.3) is 0 Å². The quantitative estimate of drug-likeness (QED) is 0.643. The van der Waals surface area contributed by atoms with E-state index in [0.717, 1.165) is 5.56 Å². The average Bonchev–Trinajstić information content (AvgIpc) is 2.27. The van der Waals surface area contributed by atoms with Crippen molar-refractivity contribution in [1.82, 2.24) is 4.83 Å². The second kappa shape index (κ2) is 5.12. The van der Waals surface area contributed by atoms with Crippen LogP contribution >= 0.6 is 0 Å². The van der Waals surface area contributed by atoms with E-state index >= 15 is 0 Å². The van der Waals surface area contributed by atoms with Gasteiger partial charge in [0.1, 0.15) is 0 Å². The lowest BCUT2D eigenvalue weighted by Crippen LogP contribution is -2.27. The van der Waals surface area contributed by atoms with Gasteiger partial charge in [-0.1, -0.05) is 30.3 Å². The van der Waals surface area contributed by atoms with Crippen molar-refractivity contribution in [2.45, 2.75) is 26.0 Å². The first-order chi connectivity index (χ1) is 7.43. The number of hydrogen-bond acceptors (Lipinski definition) is 3. The summed E-state index contributed by atoms with van der Waals surface area (Å²) >= 11 is 0. The molecular formula is C11H16N2O2S. The second-order valence-electron chi connectivity index (χ2n) is 3.75. The van der Waals surface area contributed by atoms with E-state index in [9.17, 15) is 8.42 Å². The third-order valence-corrected chi connectivity index (χ3v) is 3.74. The van der Waals surface area contributed by atoms with E-state index in [4.69, 9.17) is 0 Å². The molecule has 0 heterocycles. The molecule has 0 saturated heterocycles. The maximum absolute atomic E-state index is 11.4. The number of rotatable bonds is 4. The lowest BCUT2D eigenvalue weighted by molar-refractivity contribution is 0.575. The van der Waals surface area contributed by atoms with Gasteiger partial charge < -0.3 is 0 Å². The molecule has 0 amide bonds. The molecule has 0 radical (unpaired) electrons. The van der Waals surface area contributed by atoms with Crippen LogP contribution in [0.3, 0.4) is 0 Å². The monoisotopic (exact) mass is 240 g/mol. The highest BCUT2D eigenvalue weighted by Gasteiger charge is 2.14. The predicted molar refractivity (Wildman–Crippen MR) is 65.8 cm³/mol. The first kappa shape index (κ1) is 12.7. The van der Waals surface area contributed by atoms with Gasteiger partial charge in [0.2, 0.25) is 10.0 Å². The molecule has 1 aromatic carbocycles. The van der Waals surface area contributed by atoms with Gasteiger partial charge in [-0.05, 0) is 26.3 Å². The zero-order valence-corrected chi connectivity index (χ0v) is 10.5. The molecule has 0 aromatic heterocycles. The number of hydrazone groups is 1. The fraction of sp³-hybridized carbons (Fsp3) is 0.364. The Morgan fingerprint density at radius 3 is 2.31 bits per heavy atom. The summed E-state index contributed by atoms with van der Waals surface area (Å²) in [5.74, 6) is 0. The van der Waals surface area contributed by atoms with Gasteiger partial charge >= 0.3 is 0 Å². The maximum Gasteiger partial charge on any atom is 0.249 e. The van der Waals surface area contributed by atoms with E-state index < -0.39 is 15.3 Å². The summed E-state index contributed by atoms with van der Waals surface area (Å²) in [7, 11) is -3.34. The zero-order valence-electron chi connectivity index (χ0n) is 9.64. The molecule has 0 unspecified atom stereocenters. The Balaban J connectivity index is 2.81. The van der Waals surface area contributed by atoms with Crippen molar-refractivity contribution >= 4 is 15.7 Å². The number of benzene rings is 1. The first-order valence-electron chi connectivity index (χ1n) is 5.04. The first-order valence-corrected chi connectivity index (χ1v) is 6.58. The Kier molecular flexibility index (Phi) is 4.06. The van der Waals surface area contributed by atoms with Gasteiger partial charge in [0, 0.05) is 0 Å². The molecule has 16 heavy (non-hydrogen) atoms. The van der Waals surface area contributed by atoms with Gasteiger partial charge in [0.25, 0.3) is 0 Å². The van der Waals surface area contributed by atoms with Crippen molar-refractivity contribution in [3.8, 4) is 0 Å². The summed E-state index contributed by atoms with van der Waals surface area (Å²) in [6.45, 7) is 4.98. The van der Waals surface area contributed by atoms with Crippen LogP contribution in [-0.2, 0) is 10.0 Å². The Bertz CT molecular complexity index is 464. The Labute approximate surface area is 96.4 Å². The van der Waals surface area contributed by atoms with E-state index in [-0.39, 0.29) is 0 Å². The lowest BCUT2D eigenvalue weighted by atomic mass is 10.1. The van der Waals surface area contributed by atoms with Crippen LogP contribution < -0.4 is 4.83 Å². The number of nitrogens with one attached hydrogen (secondary N) is 1. The molecule has 0 bridgehead atoms. The molecule has 88 valence electrons. The van der Waals surface area contributed by atoms with E-state index in [0.29, 0.717) is 5.71 Å². The van der Waals surface area contributed by atoms with Gasteiger partial charge in [-0.2, -0.15) is 5.10 Å². The van der Waals surface area contributed by atoms with Gasteiger partial charge in [-0.25, -0.2) is 13.2 Å². The van der Waals surface area contributed by atoms with E-state index in [1.54, 1.807) is 20.8 Å². The molecule has 1 aromatic rings. The highest BCUT2D eigenvalue weighted by molar-refractivity contribution is 7.90. The van der Waals surface area contributed by atoms with Crippen LogP contribution in [0.1, 0.15) is 26.3 Å². The summed E-state index contributed by atoms with van der Waals surface area (Å²) in [6, 6.07) is 9.41. The van der Waals surface area contributed by atoms with Crippen LogP contribution in [-0.4, -0.2) is 19.4 Å². The van der Waals surface area contributed by atoms with Crippen LogP contribution in [0.4, 0.5) is 0 Å². The molecule has 0 aliphatic carbocycles. The van der Waals surface area contributed by atoms with E-state index in [1.807, 2.05) is 30.3 Å². The highest BCUT2D eigenvalue weighted by atomic mass is 32.2. The van der Waals surface area contributed by atoms with Gasteiger partial charge in [-0.15, -0.1) is 0 Å². The minimum Gasteiger partial charge on any atom is -0.205 e. The van der Waals surface area contributed by atoms with Crippen LogP contribution in [0.2, 0.25) is 0 Å². The van der Waals surface area contributed by atoms with E-state index in [2.05, 4.69) is 9.93 Å². The number of sulfonamides is 1. The smallest absolute Gasteiger partial charge is 0.205 e. The molecule has 5 heteroatoms. The standard InChI is InChI=1S/C11H16N2O2S/c1-9(2)16(14,15)13-12-10(3)11-7-5-4-6-8-11/h4-9,13H,1-3H3. The van der Waals surface area contributed by atoms with Gasteiger partial charge in [-0.3, -0.25) is 0 Å². The van der Waals surface area contributed by atoms with Crippen LogP contribution in [0.5, 0.6) is 0 Å². The molecule has 1 rings (SSSR count). The third kappa shape index (κ3) is 3.34. The maximum atomic E-state index is 11.4. The molecule has 4 nitrogen and oxygen atoms in total. The largest absolute Gasteiger partial charge is 0.249 e. The molecule has 0 atom stereocenters. The van der Waals surface area contributed by atoms with Crippen molar-refractivity contribution in [3.63, 3.8) is 0 Å². The van der Waals surface area contributed by atoms with Crippen LogP contribution in [0, 0.1) is 0 Å². The fourth-order valence-electron chi connectivity index (χ4n) is 0.981. The molecule has 0 fully saturated rings. The topological polar surface area (TPSA) is 58.5 Å². The van der Waals surface area contributed by atoms with Crippen molar-refractivity contribution < 1.29 is 8.42 Å². The Morgan fingerprint density at radius 1 is 1.25 bits per heavy atom. The van der Waals surface area contributed by atoms with Crippen LogP contribution in [0.15, 0.2) is 35.4 Å². The summed E-state index contributed by atoms with van der Waals surface area (Å²) < 4.78 is 22.9. The number of nitrogens with zero attached hydrogens (tertiary/aromatic N) is 1. The Hall–Kier alpha value is -1.36. The summed E-state index contributed by atoms with van der Waals surface area (Å²) in [6.07, 6.45) is 0. The molecular weight excluding hydrogens is 224 g/mol. The summed E-state index contributed by atoms with van der Waals surface area (Å²) in [5.41, 5.74) is 1.54. The van der Waals surface area contributed by atoms with Gasteiger partial charge in [0.15, 0.2) is 0 Å². The minimum atomic E-state index is -3.34. The highest BCUT2D eigenvalue weighted by Crippen LogP contribution is 2.01. The average molecular weight is 240 g/mol. The van der Waals surface area contributed by atoms with Gasteiger partial charge in [0.05, 0.1) is 11.0 Å². The fourth-order valence-corrected chi connectivity index (χ4v) is 1.46. The molecule has 1 N–H and O–H groups in total.